The molecule has 0 unspecified atom stereocenters. The maximum atomic E-state index is 10.8. The van der Waals surface area contributed by atoms with Crippen molar-refractivity contribution < 1.29 is 8.42 Å². The number of para-hydroxylation sites is 2. The Morgan fingerprint density at radius 3 is 2.78 bits per heavy atom. The third-order valence-corrected chi connectivity index (χ3v) is 4.52. The number of primary sulfonamides is 1. The van der Waals surface area contributed by atoms with E-state index in [0.717, 1.165) is 16.2 Å². The Kier molecular flexibility index (Phi) is 3.94. The number of aromatic nitrogens is 2. The second-order valence-corrected chi connectivity index (χ2v) is 6.81. The van der Waals surface area contributed by atoms with Gasteiger partial charge >= 0.3 is 0 Å². The standard InChI is InChI=1S/C11H15N3O2S2/c1-14-10-6-3-2-5-9(10)13-11(14)17-7-4-8-18(12,15)16/h2-3,5-6H,4,7-8H2,1H3,(H2,12,15,16). The summed E-state index contributed by atoms with van der Waals surface area (Å²) < 4.78 is 23.6. The molecule has 18 heavy (non-hydrogen) atoms. The minimum Gasteiger partial charge on any atom is -0.322 e. The van der Waals surface area contributed by atoms with Crippen molar-refractivity contribution in [3.63, 3.8) is 0 Å². The molecule has 1 heterocycles. The second kappa shape index (κ2) is 5.29. The van der Waals surface area contributed by atoms with Gasteiger partial charge in [-0.2, -0.15) is 0 Å². The van der Waals surface area contributed by atoms with E-state index in [1.54, 1.807) is 11.8 Å². The van der Waals surface area contributed by atoms with Crippen molar-refractivity contribution in [3.05, 3.63) is 24.3 Å². The zero-order valence-electron chi connectivity index (χ0n) is 10.0. The van der Waals surface area contributed by atoms with Crippen LogP contribution >= 0.6 is 11.8 Å². The molecule has 98 valence electrons. The number of imidazole rings is 1. The smallest absolute Gasteiger partial charge is 0.209 e. The van der Waals surface area contributed by atoms with Crippen LogP contribution in [-0.4, -0.2) is 29.5 Å². The van der Waals surface area contributed by atoms with Gasteiger partial charge in [0.25, 0.3) is 0 Å². The molecule has 5 nitrogen and oxygen atoms in total. The van der Waals surface area contributed by atoms with E-state index in [9.17, 15) is 8.42 Å². The van der Waals surface area contributed by atoms with Gasteiger partial charge in [0.15, 0.2) is 5.16 Å². The van der Waals surface area contributed by atoms with Crippen LogP contribution in [0.2, 0.25) is 0 Å². The van der Waals surface area contributed by atoms with Crippen LogP contribution in [0, 0.1) is 0 Å². The summed E-state index contributed by atoms with van der Waals surface area (Å²) in [6.07, 6.45) is 0.534. The maximum Gasteiger partial charge on any atom is 0.209 e. The number of nitrogens with two attached hydrogens (primary N) is 1. The third-order valence-electron chi connectivity index (χ3n) is 2.55. The number of fused-ring (bicyclic) bond motifs is 1. The van der Waals surface area contributed by atoms with Gasteiger partial charge in [0.2, 0.25) is 10.0 Å². The molecule has 0 aliphatic heterocycles. The Bertz CT molecular complexity index is 649. The van der Waals surface area contributed by atoms with Gasteiger partial charge in [-0.15, -0.1) is 0 Å². The summed E-state index contributed by atoms with van der Waals surface area (Å²) >= 11 is 1.55. The lowest BCUT2D eigenvalue weighted by molar-refractivity contribution is 0.596. The fourth-order valence-electron chi connectivity index (χ4n) is 1.68. The first-order valence-corrected chi connectivity index (χ1v) is 8.22. The molecular weight excluding hydrogens is 270 g/mol. The Morgan fingerprint density at radius 2 is 2.11 bits per heavy atom. The largest absolute Gasteiger partial charge is 0.322 e. The summed E-state index contributed by atoms with van der Waals surface area (Å²) in [4.78, 5) is 4.49. The van der Waals surface area contributed by atoms with E-state index in [4.69, 9.17) is 5.14 Å². The molecule has 1 aromatic carbocycles. The van der Waals surface area contributed by atoms with E-state index in [1.807, 2.05) is 35.9 Å². The minimum absolute atomic E-state index is 0.0178. The van der Waals surface area contributed by atoms with Crippen LogP contribution in [0.4, 0.5) is 0 Å². The molecule has 0 bridgehead atoms. The van der Waals surface area contributed by atoms with Crippen molar-refractivity contribution in [2.45, 2.75) is 11.6 Å². The van der Waals surface area contributed by atoms with E-state index in [2.05, 4.69) is 4.98 Å². The zero-order valence-corrected chi connectivity index (χ0v) is 11.7. The first-order chi connectivity index (χ1) is 8.47. The molecule has 0 aliphatic carbocycles. The van der Waals surface area contributed by atoms with Gasteiger partial charge in [-0.05, 0) is 18.6 Å². The van der Waals surface area contributed by atoms with Gasteiger partial charge < -0.3 is 4.57 Å². The van der Waals surface area contributed by atoms with Gasteiger partial charge in [0.05, 0.1) is 16.8 Å². The first kappa shape index (κ1) is 13.4. The van der Waals surface area contributed by atoms with Crippen LogP contribution in [0.25, 0.3) is 11.0 Å². The van der Waals surface area contributed by atoms with Crippen LogP contribution in [0.5, 0.6) is 0 Å². The quantitative estimate of drug-likeness (QED) is 0.664. The summed E-state index contributed by atoms with van der Waals surface area (Å²) in [5.74, 6) is 0.706. The molecule has 7 heteroatoms. The number of hydrogen-bond donors (Lipinski definition) is 1. The first-order valence-electron chi connectivity index (χ1n) is 5.52. The molecule has 0 saturated heterocycles. The number of aryl methyl sites for hydroxylation is 1. The molecule has 2 N–H and O–H groups in total. The fourth-order valence-corrected chi connectivity index (χ4v) is 3.33. The van der Waals surface area contributed by atoms with Gasteiger partial charge in [-0.1, -0.05) is 23.9 Å². The second-order valence-electron chi connectivity index (χ2n) is 4.01. The third kappa shape index (κ3) is 3.24. The normalized spacial score (nSPS) is 12.1. The van der Waals surface area contributed by atoms with Gasteiger partial charge in [-0.3, -0.25) is 0 Å². The molecule has 0 saturated carbocycles. The number of rotatable bonds is 5. The highest BCUT2D eigenvalue weighted by Crippen LogP contribution is 2.22. The monoisotopic (exact) mass is 285 g/mol. The lowest BCUT2D eigenvalue weighted by atomic mass is 10.3. The van der Waals surface area contributed by atoms with Crippen molar-refractivity contribution in [2.24, 2.45) is 12.2 Å². The average molecular weight is 285 g/mol. The van der Waals surface area contributed by atoms with Crippen molar-refractivity contribution in [3.8, 4) is 0 Å². The fraction of sp³-hybridized carbons (Fsp3) is 0.364. The number of benzene rings is 1. The Balaban J connectivity index is 2.02. The van der Waals surface area contributed by atoms with Crippen molar-refractivity contribution in [1.82, 2.24) is 9.55 Å². The Labute approximate surface area is 110 Å². The lowest BCUT2D eigenvalue weighted by Crippen LogP contribution is -2.16. The molecular formula is C11H15N3O2S2. The lowest BCUT2D eigenvalue weighted by Gasteiger charge is -2.01. The molecule has 0 aliphatic rings. The molecule has 0 amide bonds. The van der Waals surface area contributed by atoms with Crippen LogP contribution in [-0.2, 0) is 17.1 Å². The van der Waals surface area contributed by atoms with Crippen LogP contribution in [0.3, 0.4) is 0 Å². The molecule has 0 spiro atoms. The van der Waals surface area contributed by atoms with Crippen LogP contribution in [0.15, 0.2) is 29.4 Å². The van der Waals surface area contributed by atoms with Crippen LogP contribution in [0.1, 0.15) is 6.42 Å². The number of sulfonamides is 1. The summed E-state index contributed by atoms with van der Waals surface area (Å²) in [5.41, 5.74) is 2.03. The number of thioether (sulfide) groups is 1. The van der Waals surface area contributed by atoms with Gasteiger partial charge in [-0.25, -0.2) is 18.5 Å². The summed E-state index contributed by atoms with van der Waals surface area (Å²) in [6.45, 7) is 0. The zero-order chi connectivity index (χ0) is 13.2. The Morgan fingerprint density at radius 1 is 1.39 bits per heavy atom. The Hall–Kier alpha value is -1.05. The SMILES string of the molecule is Cn1c(SCCCS(N)(=O)=O)nc2ccccc21. The van der Waals surface area contributed by atoms with Crippen LogP contribution < -0.4 is 5.14 Å². The summed E-state index contributed by atoms with van der Waals surface area (Å²) in [7, 11) is -1.40. The highest BCUT2D eigenvalue weighted by molar-refractivity contribution is 7.99. The van der Waals surface area contributed by atoms with Crippen molar-refractivity contribution in [1.29, 1.82) is 0 Å². The van der Waals surface area contributed by atoms with Crippen molar-refractivity contribution in [2.75, 3.05) is 11.5 Å². The average Bonchev–Trinajstić information content (AvgIpc) is 2.62. The van der Waals surface area contributed by atoms with E-state index >= 15 is 0 Å². The molecule has 1 aromatic heterocycles. The van der Waals surface area contributed by atoms with E-state index in [0.29, 0.717) is 12.2 Å². The summed E-state index contributed by atoms with van der Waals surface area (Å²) in [5, 5.41) is 5.84. The van der Waals surface area contributed by atoms with E-state index in [1.165, 1.54) is 0 Å². The maximum absolute atomic E-state index is 10.8. The highest BCUT2D eigenvalue weighted by atomic mass is 32.2. The molecule has 0 atom stereocenters. The molecule has 2 rings (SSSR count). The predicted molar refractivity (Wildman–Crippen MR) is 74.0 cm³/mol. The number of nitrogens with zero attached hydrogens (tertiary/aromatic N) is 2. The molecule has 2 aromatic rings. The van der Waals surface area contributed by atoms with E-state index in [-0.39, 0.29) is 5.75 Å². The predicted octanol–water partition coefficient (Wildman–Crippen LogP) is 1.34. The highest BCUT2D eigenvalue weighted by Gasteiger charge is 2.08. The van der Waals surface area contributed by atoms with E-state index < -0.39 is 10.0 Å². The minimum atomic E-state index is -3.35. The van der Waals surface area contributed by atoms with Crippen molar-refractivity contribution >= 4 is 32.8 Å². The molecule has 0 radical (unpaired) electrons. The van der Waals surface area contributed by atoms with Gasteiger partial charge in [0.1, 0.15) is 0 Å². The number of hydrogen-bond acceptors (Lipinski definition) is 4. The molecule has 0 fully saturated rings. The topological polar surface area (TPSA) is 78.0 Å². The van der Waals surface area contributed by atoms with Gasteiger partial charge in [0, 0.05) is 12.8 Å². The summed E-state index contributed by atoms with van der Waals surface area (Å²) in [6, 6.07) is 7.89.